The Balaban J connectivity index is 1.67. The number of pyridine rings is 1. The van der Waals surface area contributed by atoms with Crippen LogP contribution in [0.1, 0.15) is 42.1 Å². The maximum Gasteiger partial charge on any atom is 0.254 e. The van der Waals surface area contributed by atoms with Gasteiger partial charge in [0, 0.05) is 30.4 Å². The summed E-state index contributed by atoms with van der Waals surface area (Å²) >= 11 is 0. The minimum absolute atomic E-state index is 0.0184. The number of benzene rings is 1. The second kappa shape index (κ2) is 8.12. The van der Waals surface area contributed by atoms with E-state index in [0.29, 0.717) is 24.5 Å². The van der Waals surface area contributed by atoms with Crippen molar-refractivity contribution in [3.05, 3.63) is 59.8 Å². The fourth-order valence-corrected chi connectivity index (χ4v) is 3.26. The van der Waals surface area contributed by atoms with E-state index in [1.165, 1.54) is 0 Å². The van der Waals surface area contributed by atoms with Crippen LogP contribution in [0, 0.1) is 0 Å². The zero-order chi connectivity index (χ0) is 17.6. The van der Waals surface area contributed by atoms with Crippen molar-refractivity contribution >= 4 is 5.91 Å². The van der Waals surface area contributed by atoms with Gasteiger partial charge in [-0.15, -0.1) is 0 Å². The van der Waals surface area contributed by atoms with E-state index >= 15 is 0 Å². The Labute approximate surface area is 148 Å². The van der Waals surface area contributed by atoms with Crippen molar-refractivity contribution in [2.45, 2.75) is 44.9 Å². The summed E-state index contributed by atoms with van der Waals surface area (Å²) in [5.41, 5.74) is 1.63. The van der Waals surface area contributed by atoms with E-state index in [2.05, 4.69) is 4.98 Å². The zero-order valence-electron chi connectivity index (χ0n) is 14.5. The predicted octanol–water partition coefficient (Wildman–Crippen LogP) is 3.04. The van der Waals surface area contributed by atoms with Gasteiger partial charge in [-0.1, -0.05) is 30.3 Å². The first-order chi connectivity index (χ1) is 12.1. The van der Waals surface area contributed by atoms with Crippen molar-refractivity contribution < 1.29 is 14.6 Å². The Morgan fingerprint density at radius 2 is 2.16 bits per heavy atom. The highest BCUT2D eigenvalue weighted by molar-refractivity contribution is 5.94. The van der Waals surface area contributed by atoms with Gasteiger partial charge in [-0.25, -0.2) is 4.98 Å². The molecule has 0 radical (unpaired) electrons. The number of aliphatic hydroxyl groups is 1. The third-order valence-electron chi connectivity index (χ3n) is 4.46. The molecular formula is C20H24N2O3. The molecule has 2 heterocycles. The molecule has 1 aliphatic heterocycles. The van der Waals surface area contributed by atoms with Crippen molar-refractivity contribution in [3.63, 3.8) is 0 Å². The standard InChI is InChI=1S/C20H24N2O3/c1-15(23)12-18-8-5-11-22(18)20(24)17-9-10-21-19(13-17)25-14-16-6-3-2-4-7-16/h2-4,6-7,9-10,13,15,18,23H,5,8,11-12,14H2,1H3. The molecule has 1 N–H and O–H groups in total. The van der Waals surface area contributed by atoms with Crippen molar-refractivity contribution in [2.75, 3.05) is 6.54 Å². The van der Waals surface area contributed by atoms with Crippen LogP contribution in [-0.4, -0.2) is 39.6 Å². The van der Waals surface area contributed by atoms with Crippen molar-refractivity contribution in [1.29, 1.82) is 0 Å². The Morgan fingerprint density at radius 1 is 1.36 bits per heavy atom. The monoisotopic (exact) mass is 340 g/mol. The first-order valence-corrected chi connectivity index (χ1v) is 8.75. The molecular weight excluding hydrogens is 316 g/mol. The molecule has 5 heteroatoms. The SMILES string of the molecule is CC(O)CC1CCCN1C(=O)c1ccnc(OCc2ccccc2)c1. The van der Waals surface area contributed by atoms with Gasteiger partial charge in [0.15, 0.2) is 0 Å². The van der Waals surface area contributed by atoms with Gasteiger partial charge in [0.2, 0.25) is 5.88 Å². The molecule has 1 amide bonds. The number of hydrogen-bond donors (Lipinski definition) is 1. The first-order valence-electron chi connectivity index (χ1n) is 8.75. The molecule has 1 fully saturated rings. The lowest BCUT2D eigenvalue weighted by atomic mass is 10.1. The van der Waals surface area contributed by atoms with Crippen LogP contribution >= 0.6 is 0 Å². The summed E-state index contributed by atoms with van der Waals surface area (Å²) in [6.07, 6.45) is 3.74. The van der Waals surface area contributed by atoms with E-state index in [-0.39, 0.29) is 11.9 Å². The maximum absolute atomic E-state index is 12.8. The highest BCUT2D eigenvalue weighted by Crippen LogP contribution is 2.24. The number of hydrogen-bond acceptors (Lipinski definition) is 4. The minimum atomic E-state index is -0.402. The highest BCUT2D eigenvalue weighted by Gasteiger charge is 2.30. The van der Waals surface area contributed by atoms with E-state index in [0.717, 1.165) is 24.9 Å². The second-order valence-electron chi connectivity index (χ2n) is 6.54. The van der Waals surface area contributed by atoms with Crippen LogP contribution in [-0.2, 0) is 6.61 Å². The summed E-state index contributed by atoms with van der Waals surface area (Å²) in [4.78, 5) is 18.9. The van der Waals surface area contributed by atoms with Gasteiger partial charge < -0.3 is 14.7 Å². The van der Waals surface area contributed by atoms with Gasteiger partial charge in [-0.05, 0) is 37.8 Å². The summed E-state index contributed by atoms with van der Waals surface area (Å²) in [7, 11) is 0. The van der Waals surface area contributed by atoms with Crippen LogP contribution in [0.2, 0.25) is 0 Å². The molecule has 25 heavy (non-hydrogen) atoms. The largest absolute Gasteiger partial charge is 0.473 e. The smallest absolute Gasteiger partial charge is 0.254 e. The van der Waals surface area contributed by atoms with Gasteiger partial charge in [0.25, 0.3) is 5.91 Å². The molecule has 2 atom stereocenters. The van der Waals surface area contributed by atoms with Crippen LogP contribution in [0.25, 0.3) is 0 Å². The van der Waals surface area contributed by atoms with Gasteiger partial charge in [-0.2, -0.15) is 0 Å². The van der Waals surface area contributed by atoms with Crippen LogP contribution < -0.4 is 4.74 Å². The normalized spacial score (nSPS) is 18.2. The molecule has 3 rings (SSSR count). The third-order valence-corrected chi connectivity index (χ3v) is 4.46. The number of amides is 1. The topological polar surface area (TPSA) is 62.7 Å². The molecule has 2 unspecified atom stereocenters. The third kappa shape index (κ3) is 4.57. The van der Waals surface area contributed by atoms with E-state index in [9.17, 15) is 9.90 Å². The minimum Gasteiger partial charge on any atom is -0.473 e. The molecule has 1 aromatic carbocycles. The fourth-order valence-electron chi connectivity index (χ4n) is 3.26. The van der Waals surface area contributed by atoms with E-state index in [1.54, 1.807) is 25.3 Å². The number of ether oxygens (including phenoxy) is 1. The van der Waals surface area contributed by atoms with Crippen molar-refractivity contribution in [1.82, 2.24) is 9.88 Å². The van der Waals surface area contributed by atoms with Crippen LogP contribution in [0.4, 0.5) is 0 Å². The molecule has 5 nitrogen and oxygen atoms in total. The van der Waals surface area contributed by atoms with Crippen molar-refractivity contribution in [2.24, 2.45) is 0 Å². The molecule has 0 saturated carbocycles. The number of aromatic nitrogens is 1. The molecule has 0 aliphatic carbocycles. The maximum atomic E-state index is 12.8. The number of aliphatic hydroxyl groups excluding tert-OH is 1. The summed E-state index contributed by atoms with van der Waals surface area (Å²) in [5.74, 6) is 0.427. The van der Waals surface area contributed by atoms with Crippen LogP contribution in [0.3, 0.4) is 0 Å². The number of carbonyl (C=O) groups excluding carboxylic acids is 1. The predicted molar refractivity (Wildman–Crippen MR) is 95.4 cm³/mol. The molecule has 1 saturated heterocycles. The van der Waals surface area contributed by atoms with Crippen molar-refractivity contribution in [3.8, 4) is 5.88 Å². The molecule has 1 aromatic heterocycles. The Hall–Kier alpha value is -2.40. The highest BCUT2D eigenvalue weighted by atomic mass is 16.5. The summed E-state index contributed by atoms with van der Waals surface area (Å²) in [6, 6.07) is 13.4. The van der Waals surface area contributed by atoms with Gasteiger partial charge >= 0.3 is 0 Å². The first kappa shape index (κ1) is 17.4. The average molecular weight is 340 g/mol. The number of nitrogens with zero attached hydrogens (tertiary/aromatic N) is 2. The van der Waals surface area contributed by atoms with Crippen LogP contribution in [0.5, 0.6) is 5.88 Å². The molecule has 0 spiro atoms. The zero-order valence-corrected chi connectivity index (χ0v) is 14.5. The number of rotatable bonds is 6. The lowest BCUT2D eigenvalue weighted by Gasteiger charge is -2.25. The van der Waals surface area contributed by atoms with Crippen LogP contribution in [0.15, 0.2) is 48.7 Å². The summed E-state index contributed by atoms with van der Waals surface area (Å²) < 4.78 is 5.72. The van der Waals surface area contributed by atoms with Gasteiger partial charge in [0.05, 0.1) is 6.10 Å². The average Bonchev–Trinajstić information content (AvgIpc) is 3.08. The molecule has 2 aromatic rings. The number of carbonyl (C=O) groups is 1. The quantitative estimate of drug-likeness (QED) is 0.878. The van der Waals surface area contributed by atoms with Gasteiger partial charge in [-0.3, -0.25) is 4.79 Å². The number of likely N-dealkylation sites (tertiary alicyclic amines) is 1. The lowest BCUT2D eigenvalue weighted by molar-refractivity contribution is 0.0681. The Kier molecular flexibility index (Phi) is 5.66. The van der Waals surface area contributed by atoms with E-state index in [4.69, 9.17) is 4.74 Å². The fraction of sp³-hybridized carbons (Fsp3) is 0.400. The summed E-state index contributed by atoms with van der Waals surface area (Å²) in [6.45, 7) is 2.92. The van der Waals surface area contributed by atoms with E-state index in [1.807, 2.05) is 35.2 Å². The Morgan fingerprint density at radius 3 is 2.92 bits per heavy atom. The lowest BCUT2D eigenvalue weighted by Crippen LogP contribution is -2.37. The van der Waals surface area contributed by atoms with E-state index < -0.39 is 6.10 Å². The Bertz CT molecular complexity index is 703. The molecule has 0 bridgehead atoms. The van der Waals surface area contributed by atoms with Gasteiger partial charge in [0.1, 0.15) is 6.61 Å². The molecule has 132 valence electrons. The summed E-state index contributed by atoms with van der Waals surface area (Å²) in [5, 5.41) is 9.64. The second-order valence-corrected chi connectivity index (χ2v) is 6.54. The molecule has 1 aliphatic rings.